The Kier molecular flexibility index (Phi) is 6.58. The second-order valence-corrected chi connectivity index (χ2v) is 8.96. The Morgan fingerprint density at radius 2 is 2.00 bits per heavy atom. The first-order chi connectivity index (χ1) is 13.6. The summed E-state index contributed by atoms with van der Waals surface area (Å²) in [4.78, 5) is 0. The summed E-state index contributed by atoms with van der Waals surface area (Å²) in [6.45, 7) is 0.101. The molecule has 1 aromatic carbocycles. The van der Waals surface area contributed by atoms with Crippen molar-refractivity contribution in [3.8, 4) is 5.75 Å². The van der Waals surface area contributed by atoms with Crippen LogP contribution < -0.4 is 4.74 Å². The minimum atomic E-state index is -4.40. The Hall–Kier alpha value is -2.00. The van der Waals surface area contributed by atoms with Gasteiger partial charge < -0.3 is 14.0 Å². The van der Waals surface area contributed by atoms with Crippen molar-refractivity contribution >= 4 is 10.1 Å². The number of hydrogen-bond donors (Lipinski definition) is 1. The first kappa shape index (κ1) is 21.7. The highest BCUT2D eigenvalue weighted by Crippen LogP contribution is 2.35. The first-order valence-electron chi connectivity index (χ1n) is 9.44. The Morgan fingerprint density at radius 1 is 1.21 bits per heavy atom. The molecule has 2 aliphatic carbocycles. The van der Waals surface area contributed by atoms with Crippen molar-refractivity contribution in [1.29, 1.82) is 0 Å². The summed E-state index contributed by atoms with van der Waals surface area (Å²) in [7, 11) is -4.12. The maximum atomic E-state index is 12.2. The Labute approximate surface area is 168 Å². The number of aliphatic hydroxyl groups excluding tert-OH is 1. The molecule has 1 atom stereocenters. The molecule has 3 rings (SSSR count). The predicted octanol–water partition coefficient (Wildman–Crippen LogP) is 4.02. The lowest BCUT2D eigenvalue weighted by molar-refractivity contribution is -0.134. The molecule has 0 saturated carbocycles. The van der Waals surface area contributed by atoms with Crippen molar-refractivity contribution in [2.75, 3.05) is 12.4 Å². The fourth-order valence-electron chi connectivity index (χ4n) is 3.49. The molecule has 0 spiro atoms. The van der Waals surface area contributed by atoms with Gasteiger partial charge in [0.2, 0.25) is 0 Å². The summed E-state index contributed by atoms with van der Waals surface area (Å²) in [5, 5.41) is 9.40. The highest BCUT2D eigenvalue weighted by Gasteiger charge is 2.28. The predicted molar refractivity (Wildman–Crippen MR) is 101 cm³/mol. The van der Waals surface area contributed by atoms with Gasteiger partial charge in [-0.2, -0.15) is 21.6 Å². The van der Waals surface area contributed by atoms with Gasteiger partial charge in [-0.15, -0.1) is 0 Å². The van der Waals surface area contributed by atoms with E-state index in [4.69, 9.17) is 8.92 Å². The third-order valence-corrected chi connectivity index (χ3v) is 6.08. The van der Waals surface area contributed by atoms with Crippen LogP contribution in [0.1, 0.15) is 36.8 Å². The smallest absolute Gasteiger partial charge is 0.389 e. The molecule has 0 unspecified atom stereocenters. The second-order valence-electron chi connectivity index (χ2n) is 7.27. The first-order valence-corrected chi connectivity index (χ1v) is 11.0. The van der Waals surface area contributed by atoms with E-state index in [1.54, 1.807) is 6.08 Å². The number of fused-ring (bicyclic) bond motifs is 1. The summed E-state index contributed by atoms with van der Waals surface area (Å²) in [6.07, 6.45) is -0.545. The fourth-order valence-corrected chi connectivity index (χ4v) is 4.49. The van der Waals surface area contributed by atoms with E-state index in [0.717, 1.165) is 17.5 Å². The van der Waals surface area contributed by atoms with Crippen LogP contribution in [0, 0.1) is 5.92 Å². The van der Waals surface area contributed by atoms with Crippen molar-refractivity contribution in [2.24, 2.45) is 5.92 Å². The molecule has 0 heterocycles. The van der Waals surface area contributed by atoms with Crippen molar-refractivity contribution in [3.63, 3.8) is 0 Å². The molecule has 160 valence electrons. The number of allylic oxidation sites excluding steroid dienone is 3. The molecule has 5 nitrogen and oxygen atoms in total. The van der Waals surface area contributed by atoms with E-state index in [1.165, 1.54) is 6.08 Å². The molecule has 2 aliphatic rings. The monoisotopic (exact) mass is 432 g/mol. The van der Waals surface area contributed by atoms with Gasteiger partial charge in [0.15, 0.2) is 0 Å². The summed E-state index contributed by atoms with van der Waals surface area (Å²) in [5.74, 6) is 0.699. The molecule has 0 radical (unpaired) electrons. The average molecular weight is 432 g/mol. The minimum absolute atomic E-state index is 0.0547. The maximum absolute atomic E-state index is 12.2. The van der Waals surface area contributed by atoms with E-state index in [1.807, 2.05) is 18.2 Å². The molecule has 0 saturated heterocycles. The zero-order valence-electron chi connectivity index (χ0n) is 15.7. The highest BCUT2D eigenvalue weighted by atomic mass is 32.2. The average Bonchev–Trinajstić information content (AvgIpc) is 3.05. The lowest BCUT2D eigenvalue weighted by Gasteiger charge is -2.17. The van der Waals surface area contributed by atoms with Gasteiger partial charge in [0.1, 0.15) is 17.3 Å². The standard InChI is InChI=1S/C20H23F3O5S/c21-20(22,23)8-3-9-29(25,26)28-17-6-2-5-16(12-17)27-19-7-1-4-15-10-14(13-24)11-18(15)19/h1,4,6-7,12,14,24H,2-3,5,8-11,13H2/t14-/m1/s1. The lowest BCUT2D eigenvalue weighted by Crippen LogP contribution is -2.15. The van der Waals surface area contributed by atoms with Crippen LogP contribution in [0.15, 0.2) is 41.9 Å². The second kappa shape index (κ2) is 8.79. The quantitative estimate of drug-likeness (QED) is 0.628. The highest BCUT2D eigenvalue weighted by molar-refractivity contribution is 7.86. The molecular formula is C20H23F3O5S. The number of hydrogen-bond acceptors (Lipinski definition) is 5. The van der Waals surface area contributed by atoms with Gasteiger partial charge in [-0.3, -0.25) is 0 Å². The van der Waals surface area contributed by atoms with Crippen LogP contribution >= 0.6 is 0 Å². The van der Waals surface area contributed by atoms with Gasteiger partial charge >= 0.3 is 16.3 Å². The van der Waals surface area contributed by atoms with Crippen LogP contribution in [-0.2, 0) is 27.1 Å². The lowest BCUT2D eigenvalue weighted by atomic mass is 10.1. The van der Waals surface area contributed by atoms with Gasteiger partial charge in [-0.25, -0.2) is 0 Å². The van der Waals surface area contributed by atoms with Crippen LogP contribution in [0.2, 0.25) is 0 Å². The zero-order valence-corrected chi connectivity index (χ0v) is 16.6. The van der Waals surface area contributed by atoms with Gasteiger partial charge in [0.05, 0.1) is 5.75 Å². The molecule has 0 aromatic heterocycles. The van der Waals surface area contributed by atoms with Crippen LogP contribution in [0.25, 0.3) is 0 Å². The van der Waals surface area contributed by atoms with E-state index in [9.17, 15) is 26.7 Å². The van der Waals surface area contributed by atoms with Gasteiger partial charge in [0.25, 0.3) is 0 Å². The Bertz CT molecular complexity index is 903. The molecule has 0 fully saturated rings. The molecule has 9 heteroatoms. The normalized spacial score (nSPS) is 19.4. The van der Waals surface area contributed by atoms with Crippen molar-refractivity contribution in [3.05, 3.63) is 53.0 Å². The molecule has 0 aliphatic heterocycles. The Morgan fingerprint density at radius 3 is 2.72 bits per heavy atom. The summed E-state index contributed by atoms with van der Waals surface area (Å²) < 4.78 is 71.4. The van der Waals surface area contributed by atoms with Gasteiger partial charge in [0, 0.05) is 25.5 Å². The third-order valence-electron chi connectivity index (χ3n) is 4.85. The van der Waals surface area contributed by atoms with E-state index >= 15 is 0 Å². The maximum Gasteiger partial charge on any atom is 0.389 e. The summed E-state index contributed by atoms with van der Waals surface area (Å²) in [6, 6.07) is 5.69. The topological polar surface area (TPSA) is 72.8 Å². The van der Waals surface area contributed by atoms with E-state index in [2.05, 4.69) is 0 Å². The molecular weight excluding hydrogens is 409 g/mol. The minimum Gasteiger partial charge on any atom is -0.461 e. The van der Waals surface area contributed by atoms with Crippen LogP contribution in [0.5, 0.6) is 5.75 Å². The van der Waals surface area contributed by atoms with Crippen molar-refractivity contribution in [1.82, 2.24) is 0 Å². The molecule has 0 bridgehead atoms. The van der Waals surface area contributed by atoms with Crippen LogP contribution in [0.4, 0.5) is 13.2 Å². The van der Waals surface area contributed by atoms with Crippen LogP contribution in [-0.4, -0.2) is 32.1 Å². The third kappa shape index (κ3) is 6.24. The largest absolute Gasteiger partial charge is 0.461 e. The van der Waals surface area contributed by atoms with E-state index in [-0.39, 0.29) is 18.3 Å². The summed E-state index contributed by atoms with van der Waals surface area (Å²) in [5.41, 5.74) is 2.15. The number of halogens is 3. The van der Waals surface area contributed by atoms with E-state index < -0.39 is 34.9 Å². The SMILES string of the molecule is O=S(=O)(CCCC(F)(F)F)OC1=CCCC(Oc2cccc3c2C[C@H](CO)C3)=C1. The van der Waals surface area contributed by atoms with Gasteiger partial charge in [-0.1, -0.05) is 12.1 Å². The zero-order chi connectivity index (χ0) is 21.1. The Balaban J connectivity index is 1.63. The number of ether oxygens (including phenoxy) is 1. The molecule has 0 amide bonds. The number of rotatable bonds is 8. The fraction of sp³-hybridized carbons (Fsp3) is 0.500. The van der Waals surface area contributed by atoms with E-state index in [0.29, 0.717) is 30.8 Å². The molecule has 1 aromatic rings. The number of alkyl halides is 3. The van der Waals surface area contributed by atoms with Crippen LogP contribution in [0.3, 0.4) is 0 Å². The molecule has 29 heavy (non-hydrogen) atoms. The van der Waals surface area contributed by atoms with Crippen molar-refractivity contribution in [2.45, 2.75) is 44.7 Å². The molecule has 1 N–H and O–H groups in total. The number of aliphatic hydroxyl groups is 1. The number of benzene rings is 1. The van der Waals surface area contributed by atoms with Gasteiger partial charge in [-0.05, 0) is 54.9 Å². The summed E-state index contributed by atoms with van der Waals surface area (Å²) >= 11 is 0. The van der Waals surface area contributed by atoms with Crippen molar-refractivity contribution < 1.29 is 35.6 Å².